The number of hydrogen-bond donors (Lipinski definition) is 0. The molecule has 2 atom stereocenters. The number of rotatable bonds is 3. The fourth-order valence-electron chi connectivity index (χ4n) is 3.65. The van der Waals surface area contributed by atoms with Crippen LogP contribution in [0, 0.1) is 5.92 Å². The topological polar surface area (TPSA) is 23.6 Å². The lowest BCUT2D eigenvalue weighted by atomic mass is 9.82. The van der Waals surface area contributed by atoms with E-state index >= 15 is 0 Å². The Labute approximate surface area is 135 Å². The van der Waals surface area contributed by atoms with Crippen LogP contribution in [0.2, 0.25) is 0 Å². The van der Waals surface area contributed by atoms with Crippen LogP contribution in [0.25, 0.3) is 0 Å². The average molecular weight is 312 g/mol. The maximum absolute atomic E-state index is 12.5. The van der Waals surface area contributed by atoms with E-state index in [1.165, 1.54) is 12.1 Å². The Morgan fingerprint density at radius 3 is 2.77 bits per heavy atom. The van der Waals surface area contributed by atoms with Crippen molar-refractivity contribution in [1.29, 1.82) is 0 Å². The number of hydrogen-bond acceptors (Lipinski definition) is 3. The average Bonchev–Trinajstić information content (AvgIpc) is 3.07. The van der Waals surface area contributed by atoms with E-state index in [2.05, 4.69) is 35.2 Å². The van der Waals surface area contributed by atoms with Gasteiger partial charge in [0.2, 0.25) is 0 Å². The summed E-state index contributed by atoms with van der Waals surface area (Å²) >= 11 is 1.54. The first-order valence-corrected chi connectivity index (χ1v) is 8.80. The lowest BCUT2D eigenvalue weighted by Gasteiger charge is -2.53. The summed E-state index contributed by atoms with van der Waals surface area (Å²) in [7, 11) is 0. The Hall–Kier alpha value is -1.65. The molecule has 0 unspecified atom stereocenters. The number of carbonyl (C=O) groups is 1. The van der Waals surface area contributed by atoms with Gasteiger partial charge in [-0.1, -0.05) is 36.4 Å². The molecule has 2 aliphatic heterocycles. The van der Waals surface area contributed by atoms with Crippen molar-refractivity contribution >= 4 is 17.2 Å². The van der Waals surface area contributed by atoms with E-state index in [0.717, 1.165) is 36.9 Å². The molecule has 1 aromatic carbocycles. The fourth-order valence-corrected chi connectivity index (χ4v) is 4.34. The highest BCUT2D eigenvalue weighted by Crippen LogP contribution is 2.34. The molecule has 0 saturated carbocycles. The van der Waals surface area contributed by atoms with Gasteiger partial charge in [-0.15, -0.1) is 11.3 Å². The Morgan fingerprint density at radius 1 is 1.14 bits per heavy atom. The van der Waals surface area contributed by atoms with E-state index in [4.69, 9.17) is 0 Å². The molecule has 22 heavy (non-hydrogen) atoms. The van der Waals surface area contributed by atoms with Gasteiger partial charge in [-0.25, -0.2) is 0 Å². The van der Waals surface area contributed by atoms with Gasteiger partial charge in [0.1, 0.15) is 0 Å². The normalized spacial score (nSPS) is 24.6. The quantitative estimate of drug-likeness (QED) is 0.869. The largest absolute Gasteiger partial charge is 0.336 e. The Kier molecular flexibility index (Phi) is 3.72. The van der Waals surface area contributed by atoms with E-state index in [-0.39, 0.29) is 5.91 Å². The summed E-state index contributed by atoms with van der Waals surface area (Å²) in [5.41, 5.74) is 1.36. The molecule has 2 aromatic rings. The first-order valence-electron chi connectivity index (χ1n) is 7.92. The number of nitrogens with zero attached hydrogens (tertiary/aromatic N) is 2. The monoisotopic (exact) mass is 312 g/mol. The molecule has 0 aliphatic carbocycles. The Bertz CT molecular complexity index is 640. The van der Waals surface area contributed by atoms with E-state index < -0.39 is 0 Å². The van der Waals surface area contributed by atoms with E-state index in [0.29, 0.717) is 6.04 Å². The van der Waals surface area contributed by atoms with Crippen LogP contribution in [-0.2, 0) is 6.54 Å². The Balaban J connectivity index is 1.41. The highest BCUT2D eigenvalue weighted by Gasteiger charge is 2.43. The van der Waals surface area contributed by atoms with Crippen LogP contribution in [0.4, 0.5) is 0 Å². The van der Waals surface area contributed by atoms with Gasteiger partial charge in [-0.3, -0.25) is 9.69 Å². The Morgan fingerprint density at radius 2 is 2.00 bits per heavy atom. The molecule has 0 bridgehead atoms. The summed E-state index contributed by atoms with van der Waals surface area (Å²) in [5.74, 6) is 0.983. The number of fused-ring (bicyclic) bond motifs is 1. The van der Waals surface area contributed by atoms with Crippen molar-refractivity contribution in [3.05, 3.63) is 58.3 Å². The van der Waals surface area contributed by atoms with Gasteiger partial charge in [-0.05, 0) is 29.3 Å². The van der Waals surface area contributed by atoms with Crippen LogP contribution in [0.3, 0.4) is 0 Å². The molecule has 4 rings (SSSR count). The van der Waals surface area contributed by atoms with Crippen molar-refractivity contribution in [2.45, 2.75) is 19.0 Å². The minimum Gasteiger partial charge on any atom is -0.336 e. The SMILES string of the molecule is O=C(c1cccs1)N1CC[C@@H]2CN(Cc3ccccc3)[C@@H]2C1. The lowest BCUT2D eigenvalue weighted by molar-refractivity contribution is -0.0426. The number of thiophene rings is 1. The zero-order chi connectivity index (χ0) is 14.9. The second-order valence-corrected chi connectivity index (χ2v) is 7.21. The van der Waals surface area contributed by atoms with E-state index in [9.17, 15) is 4.79 Å². The molecule has 3 nitrogen and oxygen atoms in total. The maximum Gasteiger partial charge on any atom is 0.263 e. The number of amides is 1. The fraction of sp³-hybridized carbons (Fsp3) is 0.389. The smallest absolute Gasteiger partial charge is 0.263 e. The number of benzene rings is 1. The van der Waals surface area contributed by atoms with E-state index in [1.807, 2.05) is 22.4 Å². The van der Waals surface area contributed by atoms with Gasteiger partial charge in [0.25, 0.3) is 5.91 Å². The minimum absolute atomic E-state index is 0.208. The van der Waals surface area contributed by atoms with Crippen molar-refractivity contribution < 1.29 is 4.79 Å². The van der Waals surface area contributed by atoms with E-state index in [1.54, 1.807) is 11.3 Å². The molecule has 2 aliphatic rings. The zero-order valence-corrected chi connectivity index (χ0v) is 13.3. The van der Waals surface area contributed by atoms with Crippen molar-refractivity contribution in [3.63, 3.8) is 0 Å². The lowest BCUT2D eigenvalue weighted by Crippen LogP contribution is -2.64. The highest BCUT2D eigenvalue weighted by atomic mass is 32.1. The van der Waals surface area contributed by atoms with Crippen molar-refractivity contribution in [1.82, 2.24) is 9.80 Å². The van der Waals surface area contributed by atoms with Crippen molar-refractivity contribution in [3.8, 4) is 0 Å². The molecule has 2 saturated heterocycles. The molecule has 0 radical (unpaired) electrons. The van der Waals surface area contributed by atoms with Crippen molar-refractivity contribution in [2.24, 2.45) is 5.92 Å². The molecule has 4 heteroatoms. The van der Waals surface area contributed by atoms with Gasteiger partial charge < -0.3 is 4.90 Å². The van der Waals surface area contributed by atoms with Gasteiger partial charge in [0, 0.05) is 32.2 Å². The summed E-state index contributed by atoms with van der Waals surface area (Å²) in [4.78, 5) is 18.0. The van der Waals surface area contributed by atoms with Gasteiger partial charge in [-0.2, -0.15) is 0 Å². The molecule has 114 valence electrons. The predicted molar refractivity (Wildman–Crippen MR) is 89.0 cm³/mol. The highest BCUT2D eigenvalue weighted by molar-refractivity contribution is 7.12. The second kappa shape index (κ2) is 5.86. The van der Waals surface area contributed by atoms with Crippen LogP contribution >= 0.6 is 11.3 Å². The summed E-state index contributed by atoms with van der Waals surface area (Å²) in [6, 6.07) is 15.1. The summed E-state index contributed by atoms with van der Waals surface area (Å²) < 4.78 is 0. The summed E-state index contributed by atoms with van der Waals surface area (Å²) in [5, 5.41) is 1.98. The molecule has 0 N–H and O–H groups in total. The molecular formula is C18H20N2OS. The maximum atomic E-state index is 12.5. The number of piperidine rings is 1. The predicted octanol–water partition coefficient (Wildman–Crippen LogP) is 3.09. The zero-order valence-electron chi connectivity index (χ0n) is 12.5. The number of likely N-dealkylation sites (tertiary alicyclic amines) is 2. The molecule has 0 spiro atoms. The first-order chi connectivity index (χ1) is 10.8. The van der Waals surface area contributed by atoms with Crippen LogP contribution < -0.4 is 0 Å². The third-order valence-corrected chi connectivity index (χ3v) is 5.76. The van der Waals surface area contributed by atoms with Gasteiger partial charge in [0.05, 0.1) is 4.88 Å². The van der Waals surface area contributed by atoms with Crippen molar-refractivity contribution in [2.75, 3.05) is 19.6 Å². The standard InChI is InChI=1S/C18H20N2OS/c21-18(17-7-4-10-22-17)19-9-8-15-12-20(16(15)13-19)11-14-5-2-1-3-6-14/h1-7,10,15-16H,8-9,11-13H2/t15-,16-/m1/s1. The molecule has 2 fully saturated rings. The second-order valence-electron chi connectivity index (χ2n) is 6.26. The molecule has 1 aromatic heterocycles. The molecular weight excluding hydrogens is 292 g/mol. The third kappa shape index (κ3) is 2.57. The van der Waals surface area contributed by atoms with Gasteiger partial charge >= 0.3 is 0 Å². The molecule has 1 amide bonds. The van der Waals surface area contributed by atoms with Crippen LogP contribution in [-0.4, -0.2) is 41.4 Å². The van der Waals surface area contributed by atoms with Gasteiger partial charge in [0.15, 0.2) is 0 Å². The van der Waals surface area contributed by atoms with Crippen LogP contribution in [0.15, 0.2) is 47.8 Å². The summed E-state index contributed by atoms with van der Waals surface area (Å²) in [6.07, 6.45) is 1.15. The molecule has 3 heterocycles. The van der Waals surface area contributed by atoms with Crippen LogP contribution in [0.1, 0.15) is 21.7 Å². The third-order valence-electron chi connectivity index (χ3n) is 4.91. The number of carbonyl (C=O) groups excluding carboxylic acids is 1. The van der Waals surface area contributed by atoms with Crippen LogP contribution in [0.5, 0.6) is 0 Å². The first kappa shape index (κ1) is 14.0. The minimum atomic E-state index is 0.208. The summed E-state index contributed by atoms with van der Waals surface area (Å²) in [6.45, 7) is 3.98.